The highest BCUT2D eigenvalue weighted by molar-refractivity contribution is 5.85. The van der Waals surface area contributed by atoms with Gasteiger partial charge in [0.15, 0.2) is 0 Å². The van der Waals surface area contributed by atoms with E-state index in [2.05, 4.69) is 32.7 Å². The standard InChI is InChI=1S/C13H27NO/c1-10(2)7-12(8-11(3)4)14-13(5,6)9-15/h10-11,15H,7-9H2,1-6H3. The Morgan fingerprint density at radius 1 is 1.07 bits per heavy atom. The Hall–Kier alpha value is -0.370. The number of nitrogens with zero attached hydrogens (tertiary/aromatic N) is 1. The van der Waals surface area contributed by atoms with Gasteiger partial charge in [0.1, 0.15) is 0 Å². The molecule has 0 aromatic carbocycles. The molecule has 0 aromatic heterocycles. The molecule has 2 heteroatoms. The normalized spacial score (nSPS) is 12.3. The van der Waals surface area contributed by atoms with Crippen LogP contribution in [0.3, 0.4) is 0 Å². The van der Waals surface area contributed by atoms with Crippen molar-refractivity contribution in [1.82, 2.24) is 0 Å². The van der Waals surface area contributed by atoms with Gasteiger partial charge in [0, 0.05) is 5.71 Å². The summed E-state index contributed by atoms with van der Waals surface area (Å²) in [5.74, 6) is 1.27. The SMILES string of the molecule is CC(C)CC(CC(C)C)=NC(C)(C)CO. The van der Waals surface area contributed by atoms with E-state index in [-0.39, 0.29) is 12.1 Å². The first-order chi connectivity index (χ1) is 6.76. The zero-order valence-corrected chi connectivity index (χ0v) is 11.2. The molecule has 0 aliphatic heterocycles. The fourth-order valence-corrected chi connectivity index (χ4v) is 1.58. The molecule has 0 aliphatic carbocycles. The van der Waals surface area contributed by atoms with E-state index in [0.717, 1.165) is 12.8 Å². The van der Waals surface area contributed by atoms with Gasteiger partial charge < -0.3 is 5.11 Å². The Morgan fingerprint density at radius 2 is 1.47 bits per heavy atom. The minimum absolute atomic E-state index is 0.118. The first-order valence-electron chi connectivity index (χ1n) is 5.95. The maximum atomic E-state index is 9.20. The van der Waals surface area contributed by atoms with Crippen molar-refractivity contribution in [2.75, 3.05) is 6.61 Å². The second-order valence-corrected chi connectivity index (χ2v) is 5.84. The Bertz CT molecular complexity index is 193. The summed E-state index contributed by atoms with van der Waals surface area (Å²) in [6, 6.07) is 0. The molecule has 0 heterocycles. The van der Waals surface area contributed by atoms with Crippen molar-refractivity contribution in [3.63, 3.8) is 0 Å². The Morgan fingerprint density at radius 3 is 1.73 bits per heavy atom. The number of rotatable bonds is 6. The third-order valence-electron chi connectivity index (χ3n) is 2.14. The molecule has 15 heavy (non-hydrogen) atoms. The lowest BCUT2D eigenvalue weighted by atomic mass is 9.97. The van der Waals surface area contributed by atoms with E-state index >= 15 is 0 Å². The van der Waals surface area contributed by atoms with Gasteiger partial charge in [-0.25, -0.2) is 0 Å². The summed E-state index contributed by atoms with van der Waals surface area (Å²) in [5.41, 5.74) is 0.929. The van der Waals surface area contributed by atoms with Crippen LogP contribution in [0.1, 0.15) is 54.4 Å². The molecule has 90 valence electrons. The van der Waals surface area contributed by atoms with Crippen LogP contribution in [0, 0.1) is 11.8 Å². The molecule has 1 N–H and O–H groups in total. The molecule has 0 aromatic rings. The van der Waals surface area contributed by atoms with Crippen molar-refractivity contribution in [2.24, 2.45) is 16.8 Å². The van der Waals surface area contributed by atoms with Crippen molar-refractivity contribution >= 4 is 5.71 Å². The van der Waals surface area contributed by atoms with Crippen LogP contribution in [-0.4, -0.2) is 23.0 Å². The molecule has 0 unspecified atom stereocenters. The fourth-order valence-electron chi connectivity index (χ4n) is 1.58. The van der Waals surface area contributed by atoms with Crippen LogP contribution in [0.25, 0.3) is 0 Å². The van der Waals surface area contributed by atoms with Gasteiger partial charge in [-0.15, -0.1) is 0 Å². The lowest BCUT2D eigenvalue weighted by Crippen LogP contribution is -2.25. The van der Waals surface area contributed by atoms with E-state index in [9.17, 15) is 5.11 Å². The molecule has 0 spiro atoms. The molecule has 0 radical (unpaired) electrons. The monoisotopic (exact) mass is 213 g/mol. The summed E-state index contributed by atoms with van der Waals surface area (Å²) < 4.78 is 0. The molecular formula is C13H27NO. The zero-order chi connectivity index (χ0) is 12.1. The van der Waals surface area contributed by atoms with Crippen LogP contribution in [0.2, 0.25) is 0 Å². The number of hydrogen-bond acceptors (Lipinski definition) is 2. The van der Waals surface area contributed by atoms with E-state index in [1.165, 1.54) is 5.71 Å². The lowest BCUT2D eigenvalue weighted by molar-refractivity contribution is 0.222. The molecule has 0 saturated carbocycles. The second kappa shape index (κ2) is 6.26. The average Bonchev–Trinajstić information content (AvgIpc) is 2.00. The van der Waals surface area contributed by atoms with Gasteiger partial charge in [0.25, 0.3) is 0 Å². The van der Waals surface area contributed by atoms with Crippen LogP contribution in [0.15, 0.2) is 4.99 Å². The van der Waals surface area contributed by atoms with Crippen LogP contribution in [0.4, 0.5) is 0 Å². The number of aliphatic hydroxyl groups excluding tert-OH is 1. The predicted molar refractivity (Wildman–Crippen MR) is 67.5 cm³/mol. The quantitative estimate of drug-likeness (QED) is 0.675. The number of aliphatic imine (C=N–C) groups is 1. The Kier molecular flexibility index (Phi) is 6.11. The van der Waals surface area contributed by atoms with Crippen LogP contribution in [0.5, 0.6) is 0 Å². The largest absolute Gasteiger partial charge is 0.394 e. The highest BCUT2D eigenvalue weighted by atomic mass is 16.3. The zero-order valence-electron chi connectivity index (χ0n) is 11.2. The van der Waals surface area contributed by atoms with Crippen LogP contribution in [-0.2, 0) is 0 Å². The van der Waals surface area contributed by atoms with E-state index in [4.69, 9.17) is 0 Å². The van der Waals surface area contributed by atoms with Gasteiger partial charge in [-0.05, 0) is 38.5 Å². The van der Waals surface area contributed by atoms with Crippen molar-refractivity contribution in [3.8, 4) is 0 Å². The summed E-state index contributed by atoms with van der Waals surface area (Å²) in [4.78, 5) is 4.67. The molecule has 0 bridgehead atoms. The lowest BCUT2D eigenvalue weighted by Gasteiger charge is -2.21. The fraction of sp³-hybridized carbons (Fsp3) is 0.923. The van der Waals surface area contributed by atoms with Crippen molar-refractivity contribution in [2.45, 2.75) is 59.9 Å². The molecule has 0 rings (SSSR count). The minimum Gasteiger partial charge on any atom is -0.394 e. The second-order valence-electron chi connectivity index (χ2n) is 5.84. The Balaban J connectivity index is 4.60. The summed E-state index contributed by atoms with van der Waals surface area (Å²) in [6.07, 6.45) is 2.09. The van der Waals surface area contributed by atoms with Crippen molar-refractivity contribution in [3.05, 3.63) is 0 Å². The smallest absolute Gasteiger partial charge is 0.0781 e. The predicted octanol–water partition coefficient (Wildman–Crippen LogP) is 3.29. The molecule has 2 nitrogen and oxygen atoms in total. The third-order valence-corrected chi connectivity index (χ3v) is 2.14. The number of hydrogen-bond donors (Lipinski definition) is 1. The van der Waals surface area contributed by atoms with Gasteiger partial charge in [0.05, 0.1) is 12.1 Å². The first kappa shape index (κ1) is 14.6. The summed E-state index contributed by atoms with van der Waals surface area (Å²) in [7, 11) is 0. The highest BCUT2D eigenvalue weighted by Crippen LogP contribution is 2.16. The van der Waals surface area contributed by atoms with Crippen LogP contribution >= 0.6 is 0 Å². The maximum Gasteiger partial charge on any atom is 0.0781 e. The van der Waals surface area contributed by atoms with E-state index in [0.29, 0.717) is 11.8 Å². The Labute approximate surface area is 94.8 Å². The summed E-state index contributed by atoms with van der Waals surface area (Å²) >= 11 is 0. The summed E-state index contributed by atoms with van der Waals surface area (Å²) in [6.45, 7) is 12.9. The molecular weight excluding hydrogens is 186 g/mol. The maximum absolute atomic E-state index is 9.20. The molecule has 0 fully saturated rings. The average molecular weight is 213 g/mol. The highest BCUT2D eigenvalue weighted by Gasteiger charge is 2.16. The molecule has 0 atom stereocenters. The van der Waals surface area contributed by atoms with E-state index in [1.807, 2.05) is 13.8 Å². The third kappa shape index (κ3) is 7.55. The van der Waals surface area contributed by atoms with Gasteiger partial charge in [0.2, 0.25) is 0 Å². The first-order valence-corrected chi connectivity index (χ1v) is 5.95. The van der Waals surface area contributed by atoms with E-state index in [1.54, 1.807) is 0 Å². The van der Waals surface area contributed by atoms with Crippen molar-refractivity contribution in [1.29, 1.82) is 0 Å². The van der Waals surface area contributed by atoms with Gasteiger partial charge in [-0.1, -0.05) is 27.7 Å². The topological polar surface area (TPSA) is 32.6 Å². The van der Waals surface area contributed by atoms with Crippen molar-refractivity contribution < 1.29 is 5.11 Å². The molecule has 0 amide bonds. The van der Waals surface area contributed by atoms with E-state index < -0.39 is 0 Å². The number of aliphatic hydroxyl groups is 1. The summed E-state index contributed by atoms with van der Waals surface area (Å²) in [5, 5.41) is 9.20. The van der Waals surface area contributed by atoms with Gasteiger partial charge in [-0.3, -0.25) is 4.99 Å². The molecule has 0 aliphatic rings. The minimum atomic E-state index is -0.320. The van der Waals surface area contributed by atoms with Gasteiger partial charge >= 0.3 is 0 Å². The van der Waals surface area contributed by atoms with Gasteiger partial charge in [-0.2, -0.15) is 0 Å². The van der Waals surface area contributed by atoms with Crippen LogP contribution < -0.4 is 0 Å². The molecule has 0 saturated heterocycles.